The number of fused-ring (bicyclic) bond motifs is 3. The first-order chi connectivity index (χ1) is 17.6. The van der Waals surface area contributed by atoms with Gasteiger partial charge in [-0.05, 0) is 43.7 Å². The second-order valence-corrected chi connectivity index (χ2v) is 8.41. The Morgan fingerprint density at radius 3 is 2.83 bits per heavy atom. The van der Waals surface area contributed by atoms with Crippen molar-refractivity contribution in [1.82, 2.24) is 19.9 Å². The quantitative estimate of drug-likeness (QED) is 0.216. The molecule has 9 heteroatoms. The molecule has 9 nitrogen and oxygen atoms in total. The van der Waals surface area contributed by atoms with E-state index in [4.69, 9.17) is 24.9 Å². The SMILES string of the molecule is CCOC(=O)COc1cccc(CNCCCn2c(CCOC)nc3c(N)nc4ccccc4c32)c1. The Bertz CT molecular complexity index is 1320. The van der Waals surface area contributed by atoms with Crippen LogP contribution in [0.5, 0.6) is 5.75 Å². The van der Waals surface area contributed by atoms with Crippen molar-refractivity contribution in [2.24, 2.45) is 0 Å². The molecule has 0 atom stereocenters. The molecule has 0 unspecified atom stereocenters. The summed E-state index contributed by atoms with van der Waals surface area (Å²) in [6.45, 7) is 4.90. The Kier molecular flexibility index (Phi) is 8.70. The number of nitrogen functional groups attached to an aromatic ring is 1. The summed E-state index contributed by atoms with van der Waals surface area (Å²) in [5.41, 5.74) is 9.98. The highest BCUT2D eigenvalue weighted by Crippen LogP contribution is 2.29. The number of aryl methyl sites for hydroxylation is 1. The fourth-order valence-electron chi connectivity index (χ4n) is 4.22. The molecular formula is C27H33N5O4. The van der Waals surface area contributed by atoms with Gasteiger partial charge in [0.2, 0.25) is 0 Å². The third kappa shape index (κ3) is 6.10. The number of aromatic nitrogens is 3. The molecule has 0 fully saturated rings. The van der Waals surface area contributed by atoms with Crippen LogP contribution in [0.25, 0.3) is 21.9 Å². The van der Waals surface area contributed by atoms with Crippen molar-refractivity contribution in [1.29, 1.82) is 0 Å². The van der Waals surface area contributed by atoms with Crippen LogP contribution in [-0.2, 0) is 33.8 Å². The van der Waals surface area contributed by atoms with Gasteiger partial charge in [-0.25, -0.2) is 14.8 Å². The van der Waals surface area contributed by atoms with Crippen LogP contribution in [0.2, 0.25) is 0 Å². The summed E-state index contributed by atoms with van der Waals surface area (Å²) in [7, 11) is 1.69. The zero-order chi connectivity index (χ0) is 25.3. The topological polar surface area (TPSA) is 114 Å². The van der Waals surface area contributed by atoms with Crippen LogP contribution in [0.1, 0.15) is 24.7 Å². The maximum atomic E-state index is 11.5. The average molecular weight is 492 g/mol. The zero-order valence-corrected chi connectivity index (χ0v) is 20.8. The van der Waals surface area contributed by atoms with Gasteiger partial charge in [0.1, 0.15) is 17.1 Å². The van der Waals surface area contributed by atoms with Crippen molar-refractivity contribution in [2.45, 2.75) is 32.9 Å². The maximum absolute atomic E-state index is 11.5. The summed E-state index contributed by atoms with van der Waals surface area (Å²) in [4.78, 5) is 20.9. The fourth-order valence-corrected chi connectivity index (χ4v) is 4.22. The minimum atomic E-state index is -0.372. The van der Waals surface area contributed by atoms with Gasteiger partial charge in [-0.1, -0.05) is 30.3 Å². The largest absolute Gasteiger partial charge is 0.482 e. The van der Waals surface area contributed by atoms with E-state index < -0.39 is 0 Å². The van der Waals surface area contributed by atoms with Gasteiger partial charge in [-0.3, -0.25) is 0 Å². The van der Waals surface area contributed by atoms with E-state index in [9.17, 15) is 4.79 Å². The third-order valence-corrected chi connectivity index (χ3v) is 5.84. The van der Waals surface area contributed by atoms with Crippen molar-refractivity contribution in [3.05, 3.63) is 59.9 Å². The standard InChI is InChI=1S/C27H33N5O4/c1-3-35-24(33)18-36-20-9-6-8-19(16-20)17-29-13-7-14-32-23(12-15-34-2)31-25-26(32)21-10-4-5-11-22(21)30-27(25)28/h4-6,8-11,16,29H,3,7,12-15,17-18H2,1-2H3,(H2,28,30). The van der Waals surface area contributed by atoms with Crippen molar-refractivity contribution in [3.8, 4) is 5.75 Å². The van der Waals surface area contributed by atoms with Crippen LogP contribution >= 0.6 is 0 Å². The second kappa shape index (κ2) is 12.3. The minimum absolute atomic E-state index is 0.0935. The number of carbonyl (C=O) groups excluding carboxylic acids is 1. The van der Waals surface area contributed by atoms with E-state index in [1.165, 1.54) is 0 Å². The summed E-state index contributed by atoms with van der Waals surface area (Å²) >= 11 is 0. The number of carbonyl (C=O) groups is 1. The first-order valence-electron chi connectivity index (χ1n) is 12.2. The second-order valence-electron chi connectivity index (χ2n) is 8.41. The Hall–Kier alpha value is -3.69. The summed E-state index contributed by atoms with van der Waals surface area (Å²) in [6, 6.07) is 15.7. The van der Waals surface area contributed by atoms with E-state index in [1.807, 2.05) is 42.5 Å². The third-order valence-electron chi connectivity index (χ3n) is 5.84. The molecule has 2 aromatic heterocycles. The van der Waals surface area contributed by atoms with Crippen molar-refractivity contribution >= 4 is 33.7 Å². The van der Waals surface area contributed by atoms with Gasteiger partial charge in [0.05, 0.1) is 24.2 Å². The van der Waals surface area contributed by atoms with E-state index in [2.05, 4.69) is 20.9 Å². The molecular weight excluding hydrogens is 458 g/mol. The van der Waals surface area contributed by atoms with Gasteiger partial charge in [-0.2, -0.15) is 0 Å². The number of nitrogens with zero attached hydrogens (tertiary/aromatic N) is 3. The van der Waals surface area contributed by atoms with Crippen molar-refractivity contribution in [2.75, 3.05) is 39.2 Å². The van der Waals surface area contributed by atoms with E-state index in [-0.39, 0.29) is 12.6 Å². The lowest BCUT2D eigenvalue weighted by molar-refractivity contribution is -0.145. The van der Waals surface area contributed by atoms with Crippen LogP contribution in [-0.4, -0.2) is 54.0 Å². The number of nitrogens with two attached hydrogens (primary N) is 1. The molecule has 0 radical (unpaired) electrons. The highest BCUT2D eigenvalue weighted by Gasteiger charge is 2.17. The average Bonchev–Trinajstić information content (AvgIpc) is 3.26. The van der Waals surface area contributed by atoms with Gasteiger partial charge >= 0.3 is 5.97 Å². The maximum Gasteiger partial charge on any atom is 0.344 e. The van der Waals surface area contributed by atoms with Crippen LogP contribution in [0.15, 0.2) is 48.5 Å². The predicted octanol–water partition coefficient (Wildman–Crippen LogP) is 3.48. The van der Waals surface area contributed by atoms with Gasteiger partial charge in [0.25, 0.3) is 0 Å². The molecule has 0 amide bonds. The Balaban J connectivity index is 1.40. The lowest BCUT2D eigenvalue weighted by atomic mass is 10.2. The van der Waals surface area contributed by atoms with Crippen LogP contribution in [0, 0.1) is 0 Å². The van der Waals surface area contributed by atoms with Gasteiger partial charge in [-0.15, -0.1) is 0 Å². The molecule has 0 aliphatic carbocycles. The molecule has 3 N–H and O–H groups in total. The molecule has 0 spiro atoms. The molecule has 0 saturated carbocycles. The summed E-state index contributed by atoms with van der Waals surface area (Å²) < 4.78 is 18.0. The highest BCUT2D eigenvalue weighted by atomic mass is 16.6. The number of anilines is 1. The molecule has 4 aromatic rings. The number of ether oxygens (including phenoxy) is 3. The smallest absolute Gasteiger partial charge is 0.344 e. The Labute approximate surface area is 210 Å². The first kappa shape index (κ1) is 25.4. The van der Waals surface area contributed by atoms with Crippen LogP contribution < -0.4 is 15.8 Å². The first-order valence-corrected chi connectivity index (χ1v) is 12.2. The van der Waals surface area contributed by atoms with Crippen molar-refractivity contribution < 1.29 is 19.0 Å². The number of pyridine rings is 1. The monoisotopic (exact) mass is 491 g/mol. The normalized spacial score (nSPS) is 11.3. The van der Waals surface area contributed by atoms with E-state index in [0.29, 0.717) is 37.7 Å². The highest BCUT2D eigenvalue weighted by molar-refractivity contribution is 6.06. The van der Waals surface area contributed by atoms with Gasteiger partial charge in [0.15, 0.2) is 12.4 Å². The lowest BCUT2D eigenvalue weighted by Crippen LogP contribution is -2.18. The number of benzene rings is 2. The molecule has 36 heavy (non-hydrogen) atoms. The molecule has 0 aliphatic rings. The van der Waals surface area contributed by atoms with E-state index >= 15 is 0 Å². The molecule has 0 bridgehead atoms. The molecule has 2 heterocycles. The summed E-state index contributed by atoms with van der Waals surface area (Å²) in [5, 5.41) is 4.54. The molecule has 190 valence electrons. The predicted molar refractivity (Wildman–Crippen MR) is 140 cm³/mol. The number of rotatable bonds is 13. The fraction of sp³-hybridized carbons (Fsp3) is 0.370. The molecule has 0 aliphatic heterocycles. The van der Waals surface area contributed by atoms with Crippen molar-refractivity contribution in [3.63, 3.8) is 0 Å². The number of imidazole rings is 1. The van der Waals surface area contributed by atoms with E-state index in [0.717, 1.165) is 52.8 Å². The Morgan fingerprint density at radius 1 is 1.14 bits per heavy atom. The van der Waals surface area contributed by atoms with Crippen LogP contribution in [0.4, 0.5) is 5.82 Å². The number of esters is 1. The van der Waals surface area contributed by atoms with Gasteiger partial charge in [0, 0.05) is 32.0 Å². The van der Waals surface area contributed by atoms with Crippen LogP contribution in [0.3, 0.4) is 0 Å². The summed E-state index contributed by atoms with van der Waals surface area (Å²) in [6.07, 6.45) is 1.60. The number of para-hydroxylation sites is 1. The lowest BCUT2D eigenvalue weighted by Gasteiger charge is -2.12. The zero-order valence-electron chi connectivity index (χ0n) is 20.8. The summed E-state index contributed by atoms with van der Waals surface area (Å²) in [5.74, 6) is 1.67. The molecule has 0 saturated heterocycles. The molecule has 4 rings (SSSR count). The Morgan fingerprint density at radius 2 is 2.00 bits per heavy atom. The molecule has 2 aromatic carbocycles. The number of hydrogen-bond acceptors (Lipinski definition) is 8. The van der Waals surface area contributed by atoms with E-state index in [1.54, 1.807) is 14.0 Å². The number of nitrogens with one attached hydrogen (secondary N) is 1. The number of methoxy groups -OCH3 is 1. The number of hydrogen-bond donors (Lipinski definition) is 2. The minimum Gasteiger partial charge on any atom is -0.482 e. The van der Waals surface area contributed by atoms with Gasteiger partial charge < -0.3 is 29.8 Å².